The molecular formula is C29H32FN3O3. The van der Waals surface area contributed by atoms with Crippen molar-refractivity contribution < 1.29 is 18.7 Å². The number of halogens is 1. The summed E-state index contributed by atoms with van der Waals surface area (Å²) in [6.45, 7) is 2.39. The van der Waals surface area contributed by atoms with Crippen LogP contribution in [-0.4, -0.2) is 34.3 Å². The summed E-state index contributed by atoms with van der Waals surface area (Å²) >= 11 is 0. The van der Waals surface area contributed by atoms with Gasteiger partial charge in [0, 0.05) is 24.3 Å². The molecule has 1 saturated carbocycles. The highest BCUT2D eigenvalue weighted by atomic mass is 19.1. The first kappa shape index (κ1) is 25.4. The van der Waals surface area contributed by atoms with Gasteiger partial charge in [0.25, 0.3) is 5.91 Å². The standard InChI is InChI=1S/C29H32FN3O3/c1-2-36-26-14-7-6-12-24(26)27(28(34)32-23-10-4-3-5-11-23)33(20-21-15-17-22(30)18-16-21)29(35)25-13-8-9-19-31-25/h6-9,12-19,23,27H,2-5,10-11,20H2,1H3,(H,32,34)/t27-/m0/s1. The van der Waals surface area contributed by atoms with Crippen molar-refractivity contribution in [2.45, 2.75) is 57.7 Å². The molecule has 188 valence electrons. The first-order valence-corrected chi connectivity index (χ1v) is 12.6. The third kappa shape index (κ3) is 6.27. The molecule has 0 aliphatic heterocycles. The Morgan fingerprint density at radius 1 is 1.03 bits per heavy atom. The second-order valence-corrected chi connectivity index (χ2v) is 8.99. The number of nitrogens with one attached hydrogen (secondary N) is 1. The van der Waals surface area contributed by atoms with Gasteiger partial charge in [-0.3, -0.25) is 14.6 Å². The Kier molecular flexibility index (Phi) is 8.66. The topological polar surface area (TPSA) is 71.5 Å². The molecule has 3 aromatic rings. The van der Waals surface area contributed by atoms with Gasteiger partial charge in [-0.25, -0.2) is 4.39 Å². The molecule has 0 unspecified atom stereocenters. The number of nitrogens with zero attached hydrogens (tertiary/aromatic N) is 2. The average Bonchev–Trinajstić information content (AvgIpc) is 2.91. The molecule has 1 aliphatic carbocycles. The van der Waals surface area contributed by atoms with Crippen LogP contribution in [-0.2, 0) is 11.3 Å². The molecule has 0 radical (unpaired) electrons. The monoisotopic (exact) mass is 489 g/mol. The maximum absolute atomic E-state index is 13.9. The van der Waals surface area contributed by atoms with Crippen LogP contribution in [0.2, 0.25) is 0 Å². The van der Waals surface area contributed by atoms with Crippen molar-refractivity contribution in [2.75, 3.05) is 6.61 Å². The van der Waals surface area contributed by atoms with Gasteiger partial charge in [0.15, 0.2) is 0 Å². The van der Waals surface area contributed by atoms with Gasteiger partial charge in [0.1, 0.15) is 23.3 Å². The summed E-state index contributed by atoms with van der Waals surface area (Å²) < 4.78 is 19.5. The number of amides is 2. The summed E-state index contributed by atoms with van der Waals surface area (Å²) in [5, 5.41) is 3.20. The van der Waals surface area contributed by atoms with Gasteiger partial charge < -0.3 is 15.0 Å². The number of pyridine rings is 1. The summed E-state index contributed by atoms with van der Waals surface area (Å²) in [5.74, 6) is -0.480. The smallest absolute Gasteiger partial charge is 0.273 e. The van der Waals surface area contributed by atoms with Gasteiger partial charge in [0.05, 0.1) is 6.61 Å². The highest BCUT2D eigenvalue weighted by Gasteiger charge is 2.35. The number of hydrogen-bond donors (Lipinski definition) is 1. The molecule has 0 spiro atoms. The summed E-state index contributed by atoms with van der Waals surface area (Å²) in [5.41, 5.74) is 1.52. The Hall–Kier alpha value is -3.74. The van der Waals surface area contributed by atoms with Crippen molar-refractivity contribution in [3.05, 3.63) is 95.6 Å². The lowest BCUT2D eigenvalue weighted by atomic mass is 9.94. The third-order valence-corrected chi connectivity index (χ3v) is 6.44. The van der Waals surface area contributed by atoms with Gasteiger partial charge in [-0.2, -0.15) is 0 Å². The minimum absolute atomic E-state index is 0.0608. The first-order chi connectivity index (χ1) is 17.6. The zero-order valence-corrected chi connectivity index (χ0v) is 20.5. The normalized spacial score (nSPS) is 14.6. The van der Waals surface area contributed by atoms with Crippen LogP contribution in [0.5, 0.6) is 5.75 Å². The number of hydrogen-bond acceptors (Lipinski definition) is 4. The Balaban J connectivity index is 1.78. The molecular weight excluding hydrogens is 457 g/mol. The molecule has 2 amide bonds. The van der Waals surface area contributed by atoms with Gasteiger partial charge in [-0.05, 0) is 55.7 Å². The van der Waals surface area contributed by atoms with Crippen molar-refractivity contribution in [1.82, 2.24) is 15.2 Å². The predicted molar refractivity (Wildman–Crippen MR) is 136 cm³/mol. The van der Waals surface area contributed by atoms with E-state index in [1.807, 2.05) is 25.1 Å². The van der Waals surface area contributed by atoms with Gasteiger partial charge in [0.2, 0.25) is 5.91 Å². The lowest BCUT2D eigenvalue weighted by molar-refractivity contribution is -0.127. The second-order valence-electron chi connectivity index (χ2n) is 8.99. The van der Waals surface area contributed by atoms with Crippen LogP contribution in [0.3, 0.4) is 0 Å². The number of carbonyl (C=O) groups excluding carboxylic acids is 2. The van der Waals surface area contributed by atoms with E-state index in [-0.39, 0.29) is 30.0 Å². The minimum Gasteiger partial charge on any atom is -0.494 e. The van der Waals surface area contributed by atoms with E-state index in [0.717, 1.165) is 32.1 Å². The first-order valence-electron chi connectivity index (χ1n) is 12.6. The van der Waals surface area contributed by atoms with Crippen molar-refractivity contribution in [3.8, 4) is 5.75 Å². The summed E-state index contributed by atoms with van der Waals surface area (Å²) in [7, 11) is 0. The molecule has 36 heavy (non-hydrogen) atoms. The Bertz CT molecular complexity index is 1150. The minimum atomic E-state index is -0.964. The van der Waals surface area contributed by atoms with Crippen LogP contribution >= 0.6 is 0 Å². The molecule has 6 nitrogen and oxygen atoms in total. The van der Waals surface area contributed by atoms with Crippen LogP contribution in [0.15, 0.2) is 72.9 Å². The average molecular weight is 490 g/mol. The number of rotatable bonds is 9. The van der Waals surface area contributed by atoms with Crippen molar-refractivity contribution in [3.63, 3.8) is 0 Å². The summed E-state index contributed by atoms with van der Waals surface area (Å²) in [4.78, 5) is 33.6. The second kappa shape index (κ2) is 12.3. The number of para-hydroxylation sites is 1. The third-order valence-electron chi connectivity index (χ3n) is 6.44. The zero-order valence-electron chi connectivity index (χ0n) is 20.5. The van der Waals surface area contributed by atoms with E-state index in [2.05, 4.69) is 10.3 Å². The van der Waals surface area contributed by atoms with Gasteiger partial charge in [-0.1, -0.05) is 55.7 Å². The van der Waals surface area contributed by atoms with Gasteiger partial charge >= 0.3 is 0 Å². The molecule has 4 rings (SSSR count). The van der Waals surface area contributed by atoms with Gasteiger partial charge in [-0.15, -0.1) is 0 Å². The lowest BCUT2D eigenvalue weighted by Crippen LogP contribution is -2.47. The number of ether oxygens (including phenoxy) is 1. The molecule has 1 fully saturated rings. The van der Waals surface area contributed by atoms with Crippen LogP contribution in [0.4, 0.5) is 4.39 Å². The van der Waals surface area contributed by atoms with Crippen molar-refractivity contribution in [2.24, 2.45) is 0 Å². The maximum Gasteiger partial charge on any atom is 0.273 e. The number of carbonyl (C=O) groups is 2. The van der Waals surface area contributed by atoms with Crippen LogP contribution in [0, 0.1) is 5.82 Å². The van der Waals surface area contributed by atoms with E-state index in [9.17, 15) is 14.0 Å². The van der Waals surface area contributed by atoms with E-state index >= 15 is 0 Å². The number of aromatic nitrogens is 1. The largest absolute Gasteiger partial charge is 0.494 e. The Morgan fingerprint density at radius 3 is 2.44 bits per heavy atom. The van der Waals surface area contributed by atoms with Crippen LogP contribution in [0.25, 0.3) is 0 Å². The fourth-order valence-corrected chi connectivity index (χ4v) is 4.67. The van der Waals surface area contributed by atoms with Crippen LogP contribution < -0.4 is 10.1 Å². The highest BCUT2D eigenvalue weighted by molar-refractivity contribution is 5.96. The molecule has 1 atom stereocenters. The fourth-order valence-electron chi connectivity index (χ4n) is 4.67. The van der Waals surface area contributed by atoms with E-state index in [4.69, 9.17) is 4.74 Å². The number of benzene rings is 2. The van der Waals surface area contributed by atoms with E-state index in [1.165, 1.54) is 17.0 Å². The molecule has 2 aromatic carbocycles. The molecule has 0 bridgehead atoms. The Labute approximate surface area is 211 Å². The molecule has 1 N–H and O–H groups in total. The van der Waals surface area contributed by atoms with Crippen LogP contribution in [0.1, 0.15) is 66.7 Å². The summed E-state index contributed by atoms with van der Waals surface area (Å²) in [6, 6.07) is 17.5. The molecule has 7 heteroatoms. The Morgan fingerprint density at radius 2 is 1.75 bits per heavy atom. The SMILES string of the molecule is CCOc1ccccc1[C@@H](C(=O)NC1CCCCC1)N(Cc1ccc(F)cc1)C(=O)c1ccccn1. The molecule has 1 aliphatic rings. The van der Waals surface area contributed by atoms with E-state index in [0.29, 0.717) is 23.5 Å². The summed E-state index contributed by atoms with van der Waals surface area (Å²) in [6.07, 6.45) is 6.68. The molecule has 0 saturated heterocycles. The highest BCUT2D eigenvalue weighted by Crippen LogP contribution is 2.33. The molecule has 1 aromatic heterocycles. The van der Waals surface area contributed by atoms with Crippen molar-refractivity contribution >= 4 is 11.8 Å². The van der Waals surface area contributed by atoms with E-state index in [1.54, 1.807) is 42.6 Å². The predicted octanol–water partition coefficient (Wildman–Crippen LogP) is 5.45. The quantitative estimate of drug-likeness (QED) is 0.434. The van der Waals surface area contributed by atoms with Crippen molar-refractivity contribution in [1.29, 1.82) is 0 Å². The molecule has 1 heterocycles. The fraction of sp³-hybridized carbons (Fsp3) is 0.345. The maximum atomic E-state index is 13.9. The zero-order chi connectivity index (χ0) is 25.3. The van der Waals surface area contributed by atoms with E-state index < -0.39 is 11.9 Å². The lowest BCUT2D eigenvalue weighted by Gasteiger charge is -2.34.